The molecule has 0 spiro atoms. The summed E-state index contributed by atoms with van der Waals surface area (Å²) in [5.41, 5.74) is 6.26. The topological polar surface area (TPSA) is 89.2 Å². The highest BCUT2D eigenvalue weighted by Gasteiger charge is 2.22. The van der Waals surface area contributed by atoms with E-state index in [1.165, 1.54) is 43.5 Å². The number of para-hydroxylation sites is 1. The normalized spacial score (nSPS) is 12.0. The van der Waals surface area contributed by atoms with Gasteiger partial charge in [-0.25, -0.2) is 17.7 Å². The zero-order valence-corrected chi connectivity index (χ0v) is 14.3. The molecule has 2 rings (SSSR count). The molecule has 0 aliphatic rings. The van der Waals surface area contributed by atoms with Gasteiger partial charge >= 0.3 is 0 Å². The molecular weight excluding hydrogens is 328 g/mol. The van der Waals surface area contributed by atoms with E-state index in [0.717, 1.165) is 20.9 Å². The second-order valence-corrected chi connectivity index (χ2v) is 8.55. The van der Waals surface area contributed by atoms with Gasteiger partial charge in [0.2, 0.25) is 10.0 Å². The molecule has 0 atom stereocenters. The summed E-state index contributed by atoms with van der Waals surface area (Å²) in [6.07, 6.45) is 0.765. The highest BCUT2D eigenvalue weighted by molar-refractivity contribution is 8.01. The Morgan fingerprint density at radius 3 is 2.67 bits per heavy atom. The molecule has 0 radical (unpaired) electrons. The number of nitrogen functional groups attached to an aromatic ring is 1. The maximum Gasteiger partial charge on any atom is 0.244 e. The molecule has 114 valence electrons. The molecule has 1 aromatic heterocycles. The van der Waals surface area contributed by atoms with Gasteiger partial charge in [-0.05, 0) is 23.7 Å². The number of benzene rings is 1. The van der Waals surface area contributed by atoms with Crippen LogP contribution in [0.1, 0.15) is 12.7 Å². The van der Waals surface area contributed by atoms with Crippen molar-refractivity contribution in [2.45, 2.75) is 27.5 Å². The van der Waals surface area contributed by atoms with Gasteiger partial charge in [-0.2, -0.15) is 4.37 Å². The maximum atomic E-state index is 12.2. The van der Waals surface area contributed by atoms with Crippen molar-refractivity contribution in [2.24, 2.45) is 0 Å². The van der Waals surface area contributed by atoms with Crippen LogP contribution < -0.4 is 5.73 Å². The molecule has 1 aromatic carbocycles. The number of nitrogens with zero attached hydrogens (tertiary/aromatic N) is 3. The van der Waals surface area contributed by atoms with Crippen LogP contribution in [0.25, 0.3) is 0 Å². The van der Waals surface area contributed by atoms with Gasteiger partial charge in [0.15, 0.2) is 4.34 Å². The highest BCUT2D eigenvalue weighted by atomic mass is 32.2. The molecule has 0 saturated heterocycles. The molecule has 2 N–H and O–H groups in total. The number of hydrogen-bond acceptors (Lipinski definition) is 7. The van der Waals surface area contributed by atoms with Crippen molar-refractivity contribution in [3.63, 3.8) is 0 Å². The van der Waals surface area contributed by atoms with Gasteiger partial charge in [-0.3, -0.25) is 0 Å². The lowest BCUT2D eigenvalue weighted by atomic mass is 10.3. The van der Waals surface area contributed by atoms with Gasteiger partial charge < -0.3 is 5.73 Å². The van der Waals surface area contributed by atoms with Crippen LogP contribution in [0, 0.1) is 0 Å². The molecule has 0 saturated carbocycles. The van der Waals surface area contributed by atoms with E-state index in [2.05, 4.69) is 9.36 Å². The second kappa shape index (κ2) is 6.30. The van der Waals surface area contributed by atoms with Crippen LogP contribution in [0.3, 0.4) is 0 Å². The molecule has 0 amide bonds. The smallest absolute Gasteiger partial charge is 0.244 e. The third-order valence-corrected chi connectivity index (χ3v) is 6.49. The number of hydrogen-bond donors (Lipinski definition) is 1. The van der Waals surface area contributed by atoms with E-state index in [0.29, 0.717) is 4.90 Å². The minimum atomic E-state index is -3.56. The summed E-state index contributed by atoms with van der Waals surface area (Å²) in [5.74, 6) is 0.776. The Bertz CT molecular complexity index is 741. The summed E-state index contributed by atoms with van der Waals surface area (Å²) in [6.45, 7) is 1.98. The standard InChI is InChI=1S/C12H16N4O2S3/c1-4-10-14-12(20-15-10)19-8-6-5-7-9(11(8)13)21(17,18)16(2)3/h5-7H,4,13H2,1-3H3. The van der Waals surface area contributed by atoms with Gasteiger partial charge in [-0.15, -0.1) is 0 Å². The molecule has 0 aliphatic carbocycles. The number of sulfonamides is 1. The molecule has 6 nitrogen and oxygen atoms in total. The fraction of sp³-hybridized carbons (Fsp3) is 0.333. The third-order valence-electron chi connectivity index (χ3n) is 2.75. The Morgan fingerprint density at radius 1 is 1.38 bits per heavy atom. The molecule has 2 aromatic rings. The van der Waals surface area contributed by atoms with E-state index in [1.807, 2.05) is 6.92 Å². The Hall–Kier alpha value is -1.16. The molecule has 0 aliphatic heterocycles. The first-order valence-corrected chi connectivity index (χ1v) is 9.20. The average molecular weight is 344 g/mol. The zero-order chi connectivity index (χ0) is 15.6. The predicted molar refractivity (Wildman–Crippen MR) is 85.1 cm³/mol. The summed E-state index contributed by atoms with van der Waals surface area (Å²) in [7, 11) is -0.601. The first kappa shape index (κ1) is 16.2. The molecular formula is C12H16N4O2S3. The number of aromatic nitrogens is 2. The van der Waals surface area contributed by atoms with E-state index in [-0.39, 0.29) is 10.6 Å². The predicted octanol–water partition coefficient (Wildman–Crippen LogP) is 2.08. The van der Waals surface area contributed by atoms with E-state index in [1.54, 1.807) is 12.1 Å². The van der Waals surface area contributed by atoms with Crippen molar-refractivity contribution in [2.75, 3.05) is 19.8 Å². The van der Waals surface area contributed by atoms with Crippen molar-refractivity contribution < 1.29 is 8.42 Å². The molecule has 0 fully saturated rings. The summed E-state index contributed by atoms with van der Waals surface area (Å²) in [6, 6.07) is 4.96. The number of aryl methyl sites for hydroxylation is 1. The first-order chi connectivity index (χ1) is 9.86. The average Bonchev–Trinajstić information content (AvgIpc) is 2.88. The van der Waals surface area contributed by atoms with Crippen LogP contribution in [0.15, 0.2) is 32.3 Å². The quantitative estimate of drug-likeness (QED) is 0.835. The van der Waals surface area contributed by atoms with Crippen molar-refractivity contribution in [1.82, 2.24) is 13.7 Å². The molecule has 1 heterocycles. The number of nitrogens with two attached hydrogens (primary N) is 1. The minimum absolute atomic E-state index is 0.109. The van der Waals surface area contributed by atoms with Crippen LogP contribution in [0.4, 0.5) is 5.69 Å². The molecule has 0 bridgehead atoms. The van der Waals surface area contributed by atoms with Crippen LogP contribution in [0.2, 0.25) is 0 Å². The van der Waals surface area contributed by atoms with Crippen molar-refractivity contribution >= 4 is 39.0 Å². The molecule has 0 unspecified atom stereocenters. The summed E-state index contributed by atoms with van der Waals surface area (Å²) < 4.78 is 30.5. The van der Waals surface area contributed by atoms with Crippen LogP contribution in [-0.4, -0.2) is 36.2 Å². The first-order valence-electron chi connectivity index (χ1n) is 6.17. The zero-order valence-electron chi connectivity index (χ0n) is 11.9. The van der Waals surface area contributed by atoms with Crippen molar-refractivity contribution in [3.8, 4) is 0 Å². The molecule has 21 heavy (non-hydrogen) atoms. The lowest BCUT2D eigenvalue weighted by molar-refractivity contribution is 0.521. The van der Waals surface area contributed by atoms with Crippen LogP contribution in [-0.2, 0) is 16.4 Å². The monoisotopic (exact) mass is 344 g/mol. The van der Waals surface area contributed by atoms with E-state index < -0.39 is 10.0 Å². The fourth-order valence-corrected chi connectivity index (χ4v) is 4.38. The number of anilines is 1. The SMILES string of the molecule is CCc1nsc(Sc2cccc(S(=O)(=O)N(C)C)c2N)n1. The van der Waals surface area contributed by atoms with Crippen LogP contribution >= 0.6 is 23.3 Å². The second-order valence-electron chi connectivity index (χ2n) is 4.39. The van der Waals surface area contributed by atoms with Gasteiger partial charge in [0, 0.05) is 25.4 Å². The van der Waals surface area contributed by atoms with Crippen molar-refractivity contribution in [1.29, 1.82) is 0 Å². The minimum Gasteiger partial charge on any atom is -0.397 e. The Balaban J connectivity index is 2.38. The lowest BCUT2D eigenvalue weighted by Gasteiger charge is -2.14. The van der Waals surface area contributed by atoms with Gasteiger partial charge in [0.25, 0.3) is 0 Å². The summed E-state index contributed by atoms with van der Waals surface area (Å²) in [5, 5.41) is 0. The van der Waals surface area contributed by atoms with E-state index in [9.17, 15) is 8.42 Å². The maximum absolute atomic E-state index is 12.2. The van der Waals surface area contributed by atoms with E-state index >= 15 is 0 Å². The van der Waals surface area contributed by atoms with Crippen LogP contribution in [0.5, 0.6) is 0 Å². The van der Waals surface area contributed by atoms with Gasteiger partial charge in [0.1, 0.15) is 10.7 Å². The fourth-order valence-electron chi connectivity index (χ4n) is 1.55. The largest absolute Gasteiger partial charge is 0.397 e. The van der Waals surface area contributed by atoms with Gasteiger partial charge in [-0.1, -0.05) is 24.8 Å². The summed E-state index contributed by atoms with van der Waals surface area (Å²) in [4.78, 5) is 5.12. The Kier molecular flexibility index (Phi) is 4.87. The van der Waals surface area contributed by atoms with Gasteiger partial charge in [0.05, 0.1) is 5.69 Å². The lowest BCUT2D eigenvalue weighted by Crippen LogP contribution is -2.23. The third kappa shape index (κ3) is 3.37. The molecule has 9 heteroatoms. The highest BCUT2D eigenvalue weighted by Crippen LogP contribution is 2.36. The Morgan fingerprint density at radius 2 is 2.10 bits per heavy atom. The van der Waals surface area contributed by atoms with E-state index in [4.69, 9.17) is 5.73 Å². The summed E-state index contributed by atoms with van der Waals surface area (Å²) >= 11 is 2.61. The number of rotatable bonds is 5. The Labute approximate surface area is 132 Å². The van der Waals surface area contributed by atoms with Crippen molar-refractivity contribution in [3.05, 3.63) is 24.0 Å².